The number of hydrogen-bond donors (Lipinski definition) is 0. The number of para-hydroxylation sites is 1. The molecule has 1 heterocycles. The highest BCUT2D eigenvalue weighted by Crippen LogP contribution is 2.39. The van der Waals surface area contributed by atoms with Gasteiger partial charge in [0.25, 0.3) is 10.0 Å². The second-order valence-corrected chi connectivity index (χ2v) is 8.59. The maximum absolute atomic E-state index is 13.3. The molecule has 5 nitrogen and oxygen atoms in total. The van der Waals surface area contributed by atoms with Gasteiger partial charge in [-0.1, -0.05) is 18.2 Å². The van der Waals surface area contributed by atoms with E-state index in [-0.39, 0.29) is 11.4 Å². The summed E-state index contributed by atoms with van der Waals surface area (Å²) in [5.74, 6) is 0.632. The molecule has 136 valence electrons. The van der Waals surface area contributed by atoms with Gasteiger partial charge in [-0.25, -0.2) is 8.42 Å². The van der Waals surface area contributed by atoms with Crippen LogP contribution in [0.4, 0.5) is 5.69 Å². The van der Waals surface area contributed by atoms with E-state index in [4.69, 9.17) is 4.74 Å². The number of anilines is 1. The summed E-state index contributed by atoms with van der Waals surface area (Å²) in [4.78, 5) is 11.6. The van der Waals surface area contributed by atoms with Crippen LogP contribution in [0.5, 0.6) is 5.75 Å². The minimum absolute atomic E-state index is 0.188. The fourth-order valence-corrected chi connectivity index (χ4v) is 5.20. The zero-order chi connectivity index (χ0) is 18.9. The topological polar surface area (TPSA) is 63.7 Å². The van der Waals surface area contributed by atoms with Crippen molar-refractivity contribution in [2.45, 2.75) is 18.2 Å². The van der Waals surface area contributed by atoms with Crippen LogP contribution in [0.1, 0.15) is 17.5 Å². The quantitative estimate of drug-likeness (QED) is 0.682. The van der Waals surface area contributed by atoms with Crippen molar-refractivity contribution in [3.05, 3.63) is 59.2 Å². The van der Waals surface area contributed by atoms with E-state index >= 15 is 0 Å². The summed E-state index contributed by atoms with van der Waals surface area (Å²) in [7, 11) is -2.24. The van der Waals surface area contributed by atoms with Crippen LogP contribution in [0.25, 0.3) is 4.48 Å². The van der Waals surface area contributed by atoms with Crippen LogP contribution >= 0.6 is 15.9 Å². The van der Waals surface area contributed by atoms with Crippen molar-refractivity contribution in [2.24, 2.45) is 0 Å². The van der Waals surface area contributed by atoms with Crippen LogP contribution in [0.3, 0.4) is 0 Å². The van der Waals surface area contributed by atoms with E-state index in [1.807, 2.05) is 6.07 Å². The molecule has 0 aliphatic carbocycles. The van der Waals surface area contributed by atoms with Gasteiger partial charge in [-0.05, 0) is 59.1 Å². The molecule has 0 bridgehead atoms. The average Bonchev–Trinajstić information content (AvgIpc) is 2.78. The number of nitrogens with zero attached hydrogens (tertiary/aromatic N) is 1. The minimum atomic E-state index is -3.79. The molecule has 2 aromatic rings. The monoisotopic (exact) mass is 435 g/mol. The molecule has 1 aliphatic rings. The number of hydrogen-bond acceptors (Lipinski definition) is 4. The maximum atomic E-state index is 13.3. The third-order valence-electron chi connectivity index (χ3n) is 4.37. The lowest BCUT2D eigenvalue weighted by molar-refractivity contribution is -0.104. The number of halogens is 1. The number of sulfonamides is 1. The Kier molecular flexibility index (Phi) is 5.20. The van der Waals surface area contributed by atoms with Crippen molar-refractivity contribution in [1.82, 2.24) is 0 Å². The number of fused-ring (bicyclic) bond motifs is 1. The molecule has 0 saturated heterocycles. The van der Waals surface area contributed by atoms with Crippen molar-refractivity contribution in [1.29, 1.82) is 0 Å². The number of aldehydes is 1. The number of carbonyl (C=O) groups is 1. The molecule has 0 atom stereocenters. The first-order valence-corrected chi connectivity index (χ1v) is 10.2. The van der Waals surface area contributed by atoms with Crippen LogP contribution in [0.15, 0.2) is 52.9 Å². The van der Waals surface area contributed by atoms with E-state index in [1.54, 1.807) is 44.4 Å². The van der Waals surface area contributed by atoms with Crippen molar-refractivity contribution in [2.75, 3.05) is 18.0 Å². The number of benzene rings is 2. The highest BCUT2D eigenvalue weighted by atomic mass is 79.9. The van der Waals surface area contributed by atoms with Gasteiger partial charge < -0.3 is 4.74 Å². The van der Waals surface area contributed by atoms with Gasteiger partial charge in [0.15, 0.2) is 0 Å². The number of carbonyl (C=O) groups excluding carboxylic acids is 1. The van der Waals surface area contributed by atoms with E-state index < -0.39 is 10.0 Å². The molecule has 0 saturated carbocycles. The Hall–Kier alpha value is -2.12. The average molecular weight is 436 g/mol. The van der Waals surface area contributed by atoms with Crippen molar-refractivity contribution in [3.63, 3.8) is 0 Å². The maximum Gasteiger partial charge on any atom is 0.264 e. The van der Waals surface area contributed by atoms with Crippen LogP contribution in [0, 0.1) is 6.92 Å². The fraction of sp³-hybridized carbons (Fsp3) is 0.211. The first kappa shape index (κ1) is 18.7. The molecule has 26 heavy (non-hydrogen) atoms. The molecule has 0 unspecified atom stereocenters. The first-order chi connectivity index (χ1) is 12.4. The summed E-state index contributed by atoms with van der Waals surface area (Å²) in [6, 6.07) is 11.9. The zero-order valence-corrected chi connectivity index (χ0v) is 16.8. The second kappa shape index (κ2) is 7.25. The lowest BCUT2D eigenvalue weighted by Gasteiger charge is -2.25. The molecule has 7 heteroatoms. The lowest BCUT2D eigenvalue weighted by atomic mass is 10.1. The summed E-state index contributed by atoms with van der Waals surface area (Å²) in [5, 5.41) is 0. The molecule has 0 fully saturated rings. The van der Waals surface area contributed by atoms with Crippen LogP contribution < -0.4 is 9.04 Å². The van der Waals surface area contributed by atoms with E-state index in [0.717, 1.165) is 11.8 Å². The Morgan fingerprint density at radius 1 is 1.19 bits per heavy atom. The number of methoxy groups -OCH3 is 1. The molecule has 0 N–H and O–H groups in total. The molecule has 0 amide bonds. The molecule has 0 spiro atoms. The molecule has 0 radical (unpaired) electrons. The van der Waals surface area contributed by atoms with Crippen molar-refractivity contribution >= 4 is 42.4 Å². The van der Waals surface area contributed by atoms with E-state index in [9.17, 15) is 13.2 Å². The van der Waals surface area contributed by atoms with Crippen LogP contribution in [0.2, 0.25) is 0 Å². The highest BCUT2D eigenvalue weighted by molar-refractivity contribution is 9.15. The summed E-state index contributed by atoms with van der Waals surface area (Å²) >= 11 is 3.45. The van der Waals surface area contributed by atoms with Gasteiger partial charge in [-0.15, -0.1) is 0 Å². The summed E-state index contributed by atoms with van der Waals surface area (Å²) in [6.45, 7) is 1.99. The van der Waals surface area contributed by atoms with E-state index in [2.05, 4.69) is 15.9 Å². The Labute approximate surface area is 161 Å². The second-order valence-electron chi connectivity index (χ2n) is 5.93. The summed E-state index contributed by atoms with van der Waals surface area (Å²) in [5.41, 5.74) is 2.51. The van der Waals surface area contributed by atoms with Gasteiger partial charge in [-0.2, -0.15) is 0 Å². The summed E-state index contributed by atoms with van der Waals surface area (Å²) < 4.78 is 33.8. The first-order valence-electron chi connectivity index (χ1n) is 8.00. The van der Waals surface area contributed by atoms with Crippen LogP contribution in [-0.2, 0) is 14.8 Å². The van der Waals surface area contributed by atoms with E-state index in [1.165, 1.54) is 10.4 Å². The van der Waals surface area contributed by atoms with Gasteiger partial charge in [0.2, 0.25) is 0 Å². The molecular weight excluding hydrogens is 418 g/mol. The van der Waals surface area contributed by atoms with Crippen molar-refractivity contribution in [3.8, 4) is 5.75 Å². The van der Waals surface area contributed by atoms with Crippen molar-refractivity contribution < 1.29 is 17.9 Å². The van der Waals surface area contributed by atoms with E-state index in [0.29, 0.717) is 33.5 Å². The lowest BCUT2D eigenvalue weighted by Crippen LogP contribution is -2.32. The molecule has 1 aliphatic heterocycles. The standard InChI is InChI=1S/C19H18BrNO4S/c1-13-11-15(7-8-18(13)25-2)26(23,24)21-10-9-14(12-22)19(20)16-5-3-4-6-17(16)21/h3-8,11-12H,9-10H2,1-2H3. The smallest absolute Gasteiger partial charge is 0.264 e. The van der Waals surface area contributed by atoms with Crippen LogP contribution in [-0.4, -0.2) is 28.4 Å². The van der Waals surface area contributed by atoms with Gasteiger partial charge in [-0.3, -0.25) is 9.10 Å². The summed E-state index contributed by atoms with van der Waals surface area (Å²) in [6.07, 6.45) is 1.10. The predicted molar refractivity (Wildman–Crippen MR) is 105 cm³/mol. The van der Waals surface area contributed by atoms with Gasteiger partial charge in [0.05, 0.1) is 17.7 Å². The Bertz CT molecular complexity index is 998. The Morgan fingerprint density at radius 3 is 2.58 bits per heavy atom. The fourth-order valence-electron chi connectivity index (χ4n) is 3.00. The van der Waals surface area contributed by atoms with Gasteiger partial charge >= 0.3 is 0 Å². The highest BCUT2D eigenvalue weighted by Gasteiger charge is 2.30. The minimum Gasteiger partial charge on any atom is -0.496 e. The van der Waals surface area contributed by atoms with Gasteiger partial charge in [0, 0.05) is 22.2 Å². The normalized spacial score (nSPS) is 14.7. The number of ether oxygens (including phenoxy) is 1. The Morgan fingerprint density at radius 2 is 1.92 bits per heavy atom. The third kappa shape index (κ3) is 3.17. The largest absolute Gasteiger partial charge is 0.496 e. The Balaban J connectivity index is 2.14. The molecule has 0 aromatic heterocycles. The van der Waals surface area contributed by atoms with Gasteiger partial charge in [0.1, 0.15) is 12.0 Å². The molecule has 3 rings (SSSR count). The predicted octanol–water partition coefficient (Wildman–Crippen LogP) is 3.91. The zero-order valence-electron chi connectivity index (χ0n) is 14.4. The molecule has 2 aromatic carbocycles. The number of aryl methyl sites for hydroxylation is 1. The number of rotatable bonds is 4. The third-order valence-corrected chi connectivity index (χ3v) is 7.12. The SMILES string of the molecule is COc1ccc(S(=O)(=O)N2CCC(C=O)=C(Br)c3ccccc32)cc1C. The molecular formula is C19H18BrNO4S.